The van der Waals surface area contributed by atoms with Crippen LogP contribution in [0, 0.1) is 10.1 Å². The highest BCUT2D eigenvalue weighted by atomic mass is 16.6. The third-order valence-electron chi connectivity index (χ3n) is 5.04. The summed E-state index contributed by atoms with van der Waals surface area (Å²) in [6, 6.07) is 14.8. The number of amides is 1. The number of piperazine rings is 1. The Labute approximate surface area is 165 Å². The number of rotatable bonds is 5. The Balaban J connectivity index is 1.53. The van der Waals surface area contributed by atoms with E-state index >= 15 is 0 Å². The number of hydrogen-bond acceptors (Lipinski definition) is 4. The molecule has 1 amide bonds. The first-order valence-corrected chi connectivity index (χ1v) is 9.50. The SMILES string of the molecule is CC(C)c1ccc(C=CC(=O)N2CCN(c3ccc([N+](=O)[O-])cc3)CC2)cc1. The molecule has 0 N–H and O–H groups in total. The molecule has 1 heterocycles. The van der Waals surface area contributed by atoms with Crippen LogP contribution in [0.25, 0.3) is 6.08 Å². The molecule has 0 radical (unpaired) electrons. The molecule has 1 aliphatic rings. The van der Waals surface area contributed by atoms with Crippen molar-refractivity contribution in [3.05, 3.63) is 75.8 Å². The van der Waals surface area contributed by atoms with Crippen LogP contribution in [0.5, 0.6) is 0 Å². The molecule has 0 saturated carbocycles. The number of hydrogen-bond donors (Lipinski definition) is 0. The molecule has 1 saturated heterocycles. The number of non-ortho nitro benzene ring substituents is 1. The maximum atomic E-state index is 12.5. The average Bonchev–Trinajstić information content (AvgIpc) is 2.72. The zero-order valence-electron chi connectivity index (χ0n) is 16.2. The summed E-state index contributed by atoms with van der Waals surface area (Å²) in [7, 11) is 0. The van der Waals surface area contributed by atoms with Gasteiger partial charge in [0.25, 0.3) is 5.69 Å². The molecule has 2 aromatic carbocycles. The summed E-state index contributed by atoms with van der Waals surface area (Å²) in [6.45, 7) is 7.00. The van der Waals surface area contributed by atoms with E-state index < -0.39 is 4.92 Å². The van der Waals surface area contributed by atoms with Crippen LogP contribution in [-0.4, -0.2) is 41.9 Å². The van der Waals surface area contributed by atoms with Gasteiger partial charge in [0, 0.05) is 50.1 Å². The fraction of sp³-hybridized carbons (Fsp3) is 0.318. The van der Waals surface area contributed by atoms with Gasteiger partial charge in [-0.25, -0.2) is 0 Å². The van der Waals surface area contributed by atoms with Gasteiger partial charge in [0.2, 0.25) is 5.91 Å². The van der Waals surface area contributed by atoms with Crippen molar-refractivity contribution in [1.82, 2.24) is 4.90 Å². The van der Waals surface area contributed by atoms with Crippen LogP contribution in [0.2, 0.25) is 0 Å². The second kappa shape index (κ2) is 8.69. The first-order chi connectivity index (χ1) is 13.4. The predicted molar refractivity (Wildman–Crippen MR) is 111 cm³/mol. The lowest BCUT2D eigenvalue weighted by atomic mass is 10.0. The van der Waals surface area contributed by atoms with Crippen LogP contribution in [0.3, 0.4) is 0 Å². The number of nitro benzene ring substituents is 1. The van der Waals surface area contributed by atoms with E-state index in [-0.39, 0.29) is 11.6 Å². The molecule has 1 aliphatic heterocycles. The number of carbonyl (C=O) groups excluding carboxylic acids is 1. The highest BCUT2D eigenvalue weighted by Gasteiger charge is 2.20. The predicted octanol–water partition coefficient (Wildman–Crippen LogP) is 4.08. The van der Waals surface area contributed by atoms with Gasteiger partial charge in [-0.15, -0.1) is 0 Å². The molecule has 0 atom stereocenters. The third-order valence-corrected chi connectivity index (χ3v) is 5.04. The van der Waals surface area contributed by atoms with Crippen molar-refractivity contribution in [2.75, 3.05) is 31.1 Å². The van der Waals surface area contributed by atoms with Crippen molar-refractivity contribution in [3.63, 3.8) is 0 Å². The van der Waals surface area contributed by atoms with Gasteiger partial charge in [-0.05, 0) is 35.3 Å². The second-order valence-electron chi connectivity index (χ2n) is 7.24. The van der Waals surface area contributed by atoms with E-state index in [1.54, 1.807) is 18.2 Å². The molecule has 0 spiro atoms. The maximum Gasteiger partial charge on any atom is 0.269 e. The van der Waals surface area contributed by atoms with Crippen molar-refractivity contribution in [1.29, 1.82) is 0 Å². The van der Waals surface area contributed by atoms with E-state index in [9.17, 15) is 14.9 Å². The Hall–Kier alpha value is -3.15. The van der Waals surface area contributed by atoms with Crippen molar-refractivity contribution < 1.29 is 9.72 Å². The van der Waals surface area contributed by atoms with E-state index in [1.807, 2.05) is 23.1 Å². The minimum Gasteiger partial charge on any atom is -0.368 e. The molecule has 2 aromatic rings. The minimum atomic E-state index is -0.400. The Morgan fingerprint density at radius 1 is 1.00 bits per heavy atom. The van der Waals surface area contributed by atoms with Crippen LogP contribution in [0.15, 0.2) is 54.6 Å². The molecule has 0 aromatic heterocycles. The molecule has 28 heavy (non-hydrogen) atoms. The number of anilines is 1. The number of benzene rings is 2. The molecular weight excluding hydrogens is 354 g/mol. The summed E-state index contributed by atoms with van der Waals surface area (Å²) in [6.07, 6.45) is 3.49. The number of carbonyl (C=O) groups is 1. The standard InChI is InChI=1S/C22H25N3O3/c1-17(2)19-6-3-18(4-7-19)5-12-22(26)24-15-13-23(14-16-24)20-8-10-21(11-9-20)25(27)28/h3-12,17H,13-16H2,1-2H3. The highest BCUT2D eigenvalue weighted by molar-refractivity contribution is 5.92. The lowest BCUT2D eigenvalue weighted by Crippen LogP contribution is -2.48. The van der Waals surface area contributed by atoms with Crippen LogP contribution in [0.1, 0.15) is 30.9 Å². The smallest absolute Gasteiger partial charge is 0.269 e. The van der Waals surface area contributed by atoms with E-state index in [2.05, 4.69) is 30.9 Å². The molecule has 6 nitrogen and oxygen atoms in total. The van der Waals surface area contributed by atoms with E-state index in [0.717, 1.165) is 11.3 Å². The van der Waals surface area contributed by atoms with Gasteiger partial charge in [-0.3, -0.25) is 14.9 Å². The monoisotopic (exact) mass is 379 g/mol. The quantitative estimate of drug-likeness (QED) is 0.446. The van der Waals surface area contributed by atoms with Crippen molar-refractivity contribution >= 4 is 23.4 Å². The van der Waals surface area contributed by atoms with Crippen LogP contribution in [-0.2, 0) is 4.79 Å². The van der Waals surface area contributed by atoms with Crippen molar-refractivity contribution in [2.24, 2.45) is 0 Å². The summed E-state index contributed by atoms with van der Waals surface area (Å²) < 4.78 is 0. The minimum absolute atomic E-state index is 0.0104. The summed E-state index contributed by atoms with van der Waals surface area (Å²) in [5.74, 6) is 0.503. The van der Waals surface area contributed by atoms with Gasteiger partial charge in [0.1, 0.15) is 0 Å². The lowest BCUT2D eigenvalue weighted by Gasteiger charge is -2.35. The average molecular weight is 379 g/mol. The molecule has 0 bridgehead atoms. The molecule has 6 heteroatoms. The van der Waals surface area contributed by atoms with E-state index in [1.165, 1.54) is 17.7 Å². The highest BCUT2D eigenvalue weighted by Crippen LogP contribution is 2.21. The normalized spacial score (nSPS) is 14.7. The first-order valence-electron chi connectivity index (χ1n) is 9.50. The Morgan fingerprint density at radius 3 is 2.14 bits per heavy atom. The summed E-state index contributed by atoms with van der Waals surface area (Å²) in [4.78, 5) is 26.8. The van der Waals surface area contributed by atoms with Gasteiger partial charge < -0.3 is 9.80 Å². The third kappa shape index (κ3) is 4.76. The Bertz CT molecular complexity index is 850. The van der Waals surface area contributed by atoms with Crippen LogP contribution in [0.4, 0.5) is 11.4 Å². The largest absolute Gasteiger partial charge is 0.368 e. The first kappa shape index (κ1) is 19.6. The molecular formula is C22H25N3O3. The zero-order valence-corrected chi connectivity index (χ0v) is 16.2. The fourth-order valence-electron chi connectivity index (χ4n) is 3.24. The number of nitro groups is 1. The van der Waals surface area contributed by atoms with E-state index in [0.29, 0.717) is 32.1 Å². The second-order valence-corrected chi connectivity index (χ2v) is 7.24. The van der Waals surface area contributed by atoms with Gasteiger partial charge in [-0.1, -0.05) is 38.1 Å². The maximum absolute atomic E-state index is 12.5. The summed E-state index contributed by atoms with van der Waals surface area (Å²) in [5, 5.41) is 10.8. The topological polar surface area (TPSA) is 66.7 Å². The van der Waals surface area contributed by atoms with Crippen LogP contribution >= 0.6 is 0 Å². The van der Waals surface area contributed by atoms with Crippen molar-refractivity contribution in [3.8, 4) is 0 Å². The zero-order chi connectivity index (χ0) is 20.1. The summed E-state index contributed by atoms with van der Waals surface area (Å²) in [5.41, 5.74) is 3.33. The number of nitrogens with zero attached hydrogens (tertiary/aromatic N) is 3. The summed E-state index contributed by atoms with van der Waals surface area (Å²) >= 11 is 0. The lowest BCUT2D eigenvalue weighted by molar-refractivity contribution is -0.384. The molecule has 3 rings (SSSR count). The van der Waals surface area contributed by atoms with Crippen LogP contribution < -0.4 is 4.90 Å². The fourth-order valence-corrected chi connectivity index (χ4v) is 3.24. The van der Waals surface area contributed by atoms with Gasteiger partial charge >= 0.3 is 0 Å². The van der Waals surface area contributed by atoms with Crippen molar-refractivity contribution in [2.45, 2.75) is 19.8 Å². The molecule has 146 valence electrons. The van der Waals surface area contributed by atoms with Gasteiger partial charge in [0.15, 0.2) is 0 Å². The van der Waals surface area contributed by atoms with Gasteiger partial charge in [-0.2, -0.15) is 0 Å². The molecule has 0 aliphatic carbocycles. The molecule has 0 unspecified atom stereocenters. The molecule has 1 fully saturated rings. The Morgan fingerprint density at radius 2 is 1.61 bits per heavy atom. The van der Waals surface area contributed by atoms with Gasteiger partial charge in [0.05, 0.1) is 4.92 Å². The Kier molecular flexibility index (Phi) is 6.09. The van der Waals surface area contributed by atoms with E-state index in [4.69, 9.17) is 0 Å².